The monoisotopic (exact) mass is 434 g/mol. The molecule has 2 heterocycles. The molecule has 0 aliphatic rings. The fourth-order valence-electron chi connectivity index (χ4n) is 1.68. The van der Waals surface area contributed by atoms with Crippen LogP contribution in [0, 0.1) is 20.5 Å². The van der Waals surface area contributed by atoms with Crippen LogP contribution < -0.4 is 37.3 Å². The average Bonchev–Trinajstić information content (AvgIpc) is 2.44. The zero-order valence-corrected chi connectivity index (χ0v) is 14.5. The molecule has 0 radical (unpaired) electrons. The molecule has 13 heteroatoms. The molecule has 3 rings (SSSR count). The van der Waals surface area contributed by atoms with Gasteiger partial charge in [-0.3, -0.25) is 9.97 Å². The summed E-state index contributed by atoms with van der Waals surface area (Å²) >= 11 is 0. The Labute approximate surface area is 155 Å². The first kappa shape index (κ1) is 23.8. The van der Waals surface area contributed by atoms with Gasteiger partial charge < -0.3 is 0 Å². The Hall–Kier alpha value is -1.18. The second-order valence-electron chi connectivity index (χ2n) is 3.97. The van der Waals surface area contributed by atoms with Crippen LogP contribution in [-0.4, -0.2) is 9.97 Å². The molecule has 0 fully saturated rings. The van der Waals surface area contributed by atoms with Crippen LogP contribution in [0.2, 0.25) is 0 Å². The van der Waals surface area contributed by atoms with Gasteiger partial charge in [-0.1, -0.05) is 24.3 Å². The van der Waals surface area contributed by atoms with E-state index in [9.17, 15) is 0 Å². The molecular formula is C12H8Cl2FeN2O8. The molecule has 0 spiro atoms. The molecule has 0 saturated heterocycles. The van der Waals surface area contributed by atoms with Gasteiger partial charge in [0.2, 0.25) is 0 Å². The number of hydrogen-bond donors (Lipinski definition) is 0. The number of aromatic nitrogens is 2. The molecule has 3 aromatic rings. The third kappa shape index (κ3) is 11.1. The third-order valence-electron chi connectivity index (χ3n) is 2.34. The van der Waals surface area contributed by atoms with Crippen molar-refractivity contribution in [2.75, 3.05) is 0 Å². The van der Waals surface area contributed by atoms with E-state index in [1.165, 1.54) is 0 Å². The van der Waals surface area contributed by atoms with E-state index in [0.717, 1.165) is 21.8 Å². The van der Waals surface area contributed by atoms with E-state index in [1.807, 2.05) is 12.1 Å². The summed E-state index contributed by atoms with van der Waals surface area (Å²) in [6.45, 7) is 0. The van der Waals surface area contributed by atoms with E-state index in [4.69, 9.17) is 37.3 Å². The van der Waals surface area contributed by atoms with Crippen LogP contribution in [0.5, 0.6) is 0 Å². The van der Waals surface area contributed by atoms with Gasteiger partial charge in [0.15, 0.2) is 0 Å². The van der Waals surface area contributed by atoms with Crippen LogP contribution in [0.4, 0.5) is 0 Å². The Morgan fingerprint density at radius 2 is 0.840 bits per heavy atom. The normalized spacial score (nSPS) is 10.9. The summed E-state index contributed by atoms with van der Waals surface area (Å²) in [4.78, 5) is 8.69. The van der Waals surface area contributed by atoms with E-state index in [1.54, 1.807) is 12.4 Å². The number of rotatable bonds is 0. The van der Waals surface area contributed by atoms with E-state index in [0.29, 0.717) is 0 Å². The van der Waals surface area contributed by atoms with Crippen molar-refractivity contribution in [3.63, 3.8) is 0 Å². The molecule has 1 aromatic carbocycles. The minimum Gasteiger partial charge on any atom is -0.254 e. The van der Waals surface area contributed by atoms with Crippen molar-refractivity contribution in [1.29, 1.82) is 0 Å². The Bertz CT molecular complexity index is 718. The number of pyridine rings is 2. The molecule has 0 saturated carbocycles. The first-order valence-corrected chi connectivity index (χ1v) is 8.24. The Kier molecular flexibility index (Phi) is 9.61. The molecule has 2 aromatic heterocycles. The van der Waals surface area contributed by atoms with Gasteiger partial charge in [-0.05, 0) is 12.1 Å². The van der Waals surface area contributed by atoms with Crippen molar-refractivity contribution in [2.24, 2.45) is 0 Å². The second-order valence-corrected chi connectivity index (χ2v) is 5.48. The maximum absolute atomic E-state index is 8.49. The number of halogens is 2. The molecule has 0 aliphatic heterocycles. The third-order valence-corrected chi connectivity index (χ3v) is 2.34. The minimum atomic E-state index is -4.94. The van der Waals surface area contributed by atoms with Crippen LogP contribution in [0.1, 0.15) is 0 Å². The van der Waals surface area contributed by atoms with E-state index in [-0.39, 0.29) is 17.1 Å². The topological polar surface area (TPSA) is 210 Å². The summed E-state index contributed by atoms with van der Waals surface area (Å²) in [5, 5.41) is 2.28. The predicted molar refractivity (Wildman–Crippen MR) is 57.0 cm³/mol. The largest absolute Gasteiger partial charge is 2.00 e. The Morgan fingerprint density at radius 1 is 0.560 bits per heavy atom. The van der Waals surface area contributed by atoms with E-state index in [2.05, 4.69) is 34.2 Å². The van der Waals surface area contributed by atoms with Crippen molar-refractivity contribution in [3.05, 3.63) is 48.8 Å². The minimum absolute atomic E-state index is 0. The van der Waals surface area contributed by atoms with E-state index >= 15 is 0 Å². The fraction of sp³-hybridized carbons (Fsp3) is 0. The first-order chi connectivity index (χ1) is 10.9. The zero-order valence-electron chi connectivity index (χ0n) is 11.9. The van der Waals surface area contributed by atoms with E-state index < -0.39 is 20.5 Å². The molecule has 0 unspecified atom stereocenters. The van der Waals surface area contributed by atoms with Crippen LogP contribution in [0.15, 0.2) is 48.8 Å². The number of benzene rings is 1. The van der Waals surface area contributed by atoms with Gasteiger partial charge in [0.25, 0.3) is 0 Å². The standard InChI is InChI=1S/C12H8N2.2ClHO4.Fe/c1-3-9-5-6-10-4-2-8-14-12(10)11(9)13-7-1;2*2-1(3,4)5;/h1-8H;2*(H,2,3,4,5);/q;;;+2/p-2. The molecule has 0 bridgehead atoms. The van der Waals surface area contributed by atoms with Crippen molar-refractivity contribution in [3.8, 4) is 0 Å². The average molecular weight is 435 g/mol. The van der Waals surface area contributed by atoms with Crippen molar-refractivity contribution in [2.45, 2.75) is 0 Å². The number of fused-ring (bicyclic) bond motifs is 3. The molecule has 136 valence electrons. The summed E-state index contributed by atoms with van der Waals surface area (Å²) in [7, 11) is -9.89. The number of hydrogen-bond acceptors (Lipinski definition) is 10. The molecule has 25 heavy (non-hydrogen) atoms. The van der Waals surface area contributed by atoms with Crippen LogP contribution in [0.3, 0.4) is 0 Å². The van der Waals surface area contributed by atoms with Crippen LogP contribution in [0.25, 0.3) is 21.8 Å². The van der Waals surface area contributed by atoms with Gasteiger partial charge >= 0.3 is 17.1 Å². The van der Waals surface area contributed by atoms with Gasteiger partial charge in [0.1, 0.15) is 0 Å². The van der Waals surface area contributed by atoms with Crippen LogP contribution in [-0.2, 0) is 17.1 Å². The van der Waals surface area contributed by atoms with Gasteiger partial charge in [0, 0.05) is 23.2 Å². The molecule has 0 N–H and O–H groups in total. The molecule has 0 aliphatic carbocycles. The quantitative estimate of drug-likeness (QED) is 0.241. The second kappa shape index (κ2) is 10.1. The Morgan fingerprint density at radius 3 is 1.12 bits per heavy atom. The van der Waals surface area contributed by atoms with Crippen molar-refractivity contribution in [1.82, 2.24) is 9.97 Å². The predicted octanol–water partition coefficient (Wildman–Crippen LogP) is -6.73. The van der Waals surface area contributed by atoms with Gasteiger partial charge in [-0.25, -0.2) is 37.3 Å². The summed E-state index contributed by atoms with van der Waals surface area (Å²) in [6, 6.07) is 12.1. The van der Waals surface area contributed by atoms with Gasteiger partial charge in [0.05, 0.1) is 11.0 Å². The molecule has 0 atom stereocenters. The SMILES string of the molecule is [Fe+2].[O-][Cl+3]([O-])([O-])[O-].[O-][Cl+3]([O-])([O-])[O-].c1cnc2c(c1)ccc1cccnc12. The molecule has 0 amide bonds. The molecule has 10 nitrogen and oxygen atoms in total. The van der Waals surface area contributed by atoms with Gasteiger partial charge in [-0.15, -0.1) is 20.5 Å². The van der Waals surface area contributed by atoms with Crippen LogP contribution >= 0.6 is 0 Å². The van der Waals surface area contributed by atoms with Gasteiger partial charge in [-0.2, -0.15) is 0 Å². The maximum atomic E-state index is 8.49. The summed E-state index contributed by atoms with van der Waals surface area (Å²) < 4.78 is 67.9. The smallest absolute Gasteiger partial charge is 0.254 e. The summed E-state index contributed by atoms with van der Waals surface area (Å²) in [5.41, 5.74) is 1.95. The Balaban J connectivity index is 0.000000445. The van der Waals surface area contributed by atoms with Crippen molar-refractivity contribution < 1.29 is 74.8 Å². The fourth-order valence-corrected chi connectivity index (χ4v) is 1.68. The zero-order chi connectivity index (χ0) is 18.4. The first-order valence-electron chi connectivity index (χ1n) is 5.77. The number of nitrogens with zero attached hydrogens (tertiary/aromatic N) is 2. The van der Waals surface area contributed by atoms with Crippen molar-refractivity contribution >= 4 is 21.8 Å². The molecular weight excluding hydrogens is 427 g/mol. The maximum Gasteiger partial charge on any atom is 2.00 e. The summed E-state index contributed by atoms with van der Waals surface area (Å²) in [5.74, 6) is 0. The summed E-state index contributed by atoms with van der Waals surface area (Å²) in [6.07, 6.45) is 3.60.